The summed E-state index contributed by atoms with van der Waals surface area (Å²) >= 11 is 14.4. The van der Waals surface area contributed by atoms with E-state index >= 15 is 0 Å². The van der Waals surface area contributed by atoms with Gasteiger partial charge in [0.15, 0.2) is 0 Å². The highest BCUT2D eigenvalue weighted by Crippen LogP contribution is 2.42. The molecule has 0 aliphatic carbocycles. The third kappa shape index (κ3) is 4.75. The molecule has 25 heavy (non-hydrogen) atoms. The molecule has 0 aromatic heterocycles. The maximum absolute atomic E-state index is 6.42. The molecular formula is C20H20Cl2O2S. The number of benzene rings is 2. The predicted octanol–water partition coefficient (Wildman–Crippen LogP) is 6.79. The maximum Gasteiger partial charge on any atom is 0.119 e. The Labute approximate surface area is 163 Å². The van der Waals surface area contributed by atoms with Crippen LogP contribution in [0.3, 0.4) is 0 Å². The zero-order chi connectivity index (χ0) is 18.4. The number of alkyl halides is 2. The van der Waals surface area contributed by atoms with Gasteiger partial charge in [0.05, 0.1) is 25.0 Å². The van der Waals surface area contributed by atoms with Crippen molar-refractivity contribution < 1.29 is 9.47 Å². The van der Waals surface area contributed by atoms with Crippen LogP contribution >= 0.6 is 35.0 Å². The van der Waals surface area contributed by atoms with E-state index in [2.05, 4.69) is 13.2 Å². The van der Waals surface area contributed by atoms with E-state index in [1.807, 2.05) is 36.4 Å². The van der Waals surface area contributed by atoms with Crippen LogP contribution in [0.2, 0.25) is 0 Å². The lowest BCUT2D eigenvalue weighted by Gasteiger charge is -2.17. The van der Waals surface area contributed by atoms with E-state index in [4.69, 9.17) is 32.7 Å². The molecule has 0 aliphatic heterocycles. The van der Waals surface area contributed by atoms with Crippen molar-refractivity contribution in [1.29, 1.82) is 0 Å². The van der Waals surface area contributed by atoms with Gasteiger partial charge in [-0.1, -0.05) is 23.9 Å². The summed E-state index contributed by atoms with van der Waals surface area (Å²) in [7, 11) is 3.26. The Morgan fingerprint density at radius 2 is 1.24 bits per heavy atom. The quantitative estimate of drug-likeness (QED) is 0.362. The largest absolute Gasteiger partial charge is 0.497 e. The van der Waals surface area contributed by atoms with Crippen LogP contribution in [-0.4, -0.2) is 14.2 Å². The maximum atomic E-state index is 6.42. The Bertz CT molecular complexity index is 698. The average molecular weight is 395 g/mol. The fourth-order valence-electron chi connectivity index (χ4n) is 2.30. The van der Waals surface area contributed by atoms with Crippen LogP contribution in [0.25, 0.3) is 0 Å². The summed E-state index contributed by atoms with van der Waals surface area (Å²) in [5.74, 6) is 1.51. The van der Waals surface area contributed by atoms with Gasteiger partial charge in [-0.05, 0) is 47.5 Å². The molecule has 2 atom stereocenters. The zero-order valence-corrected chi connectivity index (χ0v) is 16.5. The van der Waals surface area contributed by atoms with E-state index in [0.29, 0.717) is 0 Å². The predicted molar refractivity (Wildman–Crippen MR) is 108 cm³/mol. The Morgan fingerprint density at radius 1 is 0.840 bits per heavy atom. The van der Waals surface area contributed by atoms with Gasteiger partial charge in [0, 0.05) is 9.79 Å². The third-order valence-electron chi connectivity index (χ3n) is 3.66. The monoisotopic (exact) mass is 394 g/mol. The van der Waals surface area contributed by atoms with Crippen LogP contribution in [0.4, 0.5) is 0 Å². The Hall–Kier alpha value is -1.55. The molecule has 0 saturated heterocycles. The summed E-state index contributed by atoms with van der Waals surface area (Å²) in [6, 6.07) is 11.7. The second-order valence-electron chi connectivity index (χ2n) is 5.18. The molecule has 0 aliphatic rings. The van der Waals surface area contributed by atoms with Crippen LogP contribution < -0.4 is 9.47 Å². The standard InChI is InChI=1S/C20H20Cl2O2S/c1-5-17(21)15-11-13(23-3)7-9-19(15)25-20-10-8-14(24-4)12-16(20)18(22)6-2/h5-12,17-18H,1-2H2,3-4H3. The van der Waals surface area contributed by atoms with Crippen LogP contribution in [-0.2, 0) is 0 Å². The van der Waals surface area contributed by atoms with Crippen molar-refractivity contribution in [1.82, 2.24) is 0 Å². The summed E-state index contributed by atoms with van der Waals surface area (Å²) in [6.45, 7) is 7.58. The fourth-order valence-corrected chi connectivity index (χ4v) is 3.90. The van der Waals surface area contributed by atoms with Gasteiger partial charge in [-0.25, -0.2) is 0 Å². The highest BCUT2D eigenvalue weighted by molar-refractivity contribution is 7.99. The average Bonchev–Trinajstić information content (AvgIpc) is 2.67. The van der Waals surface area contributed by atoms with Crippen molar-refractivity contribution in [3.8, 4) is 11.5 Å². The van der Waals surface area contributed by atoms with Crippen molar-refractivity contribution in [3.05, 3.63) is 72.8 Å². The van der Waals surface area contributed by atoms with Gasteiger partial charge in [-0.2, -0.15) is 0 Å². The first-order valence-electron chi connectivity index (χ1n) is 7.61. The first-order valence-corrected chi connectivity index (χ1v) is 9.30. The molecule has 0 bridgehead atoms. The molecule has 2 aromatic rings. The molecule has 2 rings (SSSR count). The highest BCUT2D eigenvalue weighted by atomic mass is 35.5. The van der Waals surface area contributed by atoms with Gasteiger partial charge in [0.25, 0.3) is 0 Å². The van der Waals surface area contributed by atoms with Crippen molar-refractivity contribution in [2.75, 3.05) is 14.2 Å². The van der Waals surface area contributed by atoms with Crippen LogP contribution in [0.15, 0.2) is 71.5 Å². The number of methoxy groups -OCH3 is 2. The smallest absolute Gasteiger partial charge is 0.119 e. The van der Waals surface area contributed by atoms with Crippen molar-refractivity contribution in [2.45, 2.75) is 20.5 Å². The molecule has 2 nitrogen and oxygen atoms in total. The number of allylic oxidation sites excluding steroid dienone is 2. The SMILES string of the molecule is C=CC(Cl)c1cc(OC)ccc1Sc1ccc(OC)cc1C(Cl)C=C. The second-order valence-corrected chi connectivity index (χ2v) is 7.21. The lowest BCUT2D eigenvalue weighted by atomic mass is 10.1. The molecule has 2 unspecified atom stereocenters. The van der Waals surface area contributed by atoms with E-state index in [1.54, 1.807) is 38.1 Å². The van der Waals surface area contributed by atoms with Crippen LogP contribution in [0.5, 0.6) is 11.5 Å². The first-order chi connectivity index (χ1) is 12.0. The molecule has 0 heterocycles. The number of ether oxygens (including phenoxy) is 2. The number of rotatable bonds is 8. The van der Waals surface area contributed by atoms with Crippen molar-refractivity contribution in [2.24, 2.45) is 0 Å². The first kappa shape index (κ1) is 19.8. The Morgan fingerprint density at radius 3 is 1.56 bits per heavy atom. The summed E-state index contributed by atoms with van der Waals surface area (Å²) in [4.78, 5) is 2.03. The molecular weight excluding hydrogens is 375 g/mol. The summed E-state index contributed by atoms with van der Waals surface area (Å²) in [5.41, 5.74) is 1.88. The summed E-state index contributed by atoms with van der Waals surface area (Å²) < 4.78 is 10.6. The Balaban J connectivity index is 2.48. The van der Waals surface area contributed by atoms with E-state index in [9.17, 15) is 0 Å². The van der Waals surface area contributed by atoms with E-state index in [1.165, 1.54) is 0 Å². The molecule has 132 valence electrons. The molecule has 0 spiro atoms. The van der Waals surface area contributed by atoms with Gasteiger partial charge >= 0.3 is 0 Å². The minimum absolute atomic E-state index is 0.314. The summed E-state index contributed by atoms with van der Waals surface area (Å²) in [6.07, 6.45) is 3.40. The van der Waals surface area contributed by atoms with Gasteiger partial charge in [0.2, 0.25) is 0 Å². The fraction of sp³-hybridized carbons (Fsp3) is 0.200. The zero-order valence-electron chi connectivity index (χ0n) is 14.2. The molecule has 0 N–H and O–H groups in total. The molecule has 5 heteroatoms. The molecule has 0 saturated carbocycles. The van der Waals surface area contributed by atoms with Crippen LogP contribution in [0, 0.1) is 0 Å². The van der Waals surface area contributed by atoms with Gasteiger partial charge in [-0.3, -0.25) is 0 Å². The second kappa shape index (κ2) is 9.23. The lowest BCUT2D eigenvalue weighted by molar-refractivity contribution is 0.414. The minimum Gasteiger partial charge on any atom is -0.497 e. The summed E-state index contributed by atoms with van der Waals surface area (Å²) in [5, 5.41) is -0.629. The number of halogens is 2. The van der Waals surface area contributed by atoms with E-state index in [0.717, 1.165) is 32.4 Å². The normalized spacial score (nSPS) is 13.0. The minimum atomic E-state index is -0.314. The van der Waals surface area contributed by atoms with Gasteiger partial charge < -0.3 is 9.47 Å². The molecule has 0 fully saturated rings. The molecule has 2 aromatic carbocycles. The van der Waals surface area contributed by atoms with Crippen molar-refractivity contribution >= 4 is 35.0 Å². The number of hydrogen-bond donors (Lipinski definition) is 0. The van der Waals surface area contributed by atoms with Gasteiger partial charge in [-0.15, -0.1) is 36.4 Å². The van der Waals surface area contributed by atoms with Gasteiger partial charge in [0.1, 0.15) is 11.5 Å². The third-order valence-corrected chi connectivity index (χ3v) is 5.67. The Kier molecular flexibility index (Phi) is 7.30. The molecule has 0 radical (unpaired) electrons. The van der Waals surface area contributed by atoms with E-state index < -0.39 is 0 Å². The van der Waals surface area contributed by atoms with Crippen molar-refractivity contribution in [3.63, 3.8) is 0 Å². The van der Waals surface area contributed by atoms with E-state index in [-0.39, 0.29) is 10.8 Å². The lowest BCUT2D eigenvalue weighted by Crippen LogP contribution is -1.95. The number of hydrogen-bond acceptors (Lipinski definition) is 3. The van der Waals surface area contributed by atoms with Crippen LogP contribution in [0.1, 0.15) is 21.9 Å². The molecule has 0 amide bonds. The highest BCUT2D eigenvalue weighted by Gasteiger charge is 2.16. The topological polar surface area (TPSA) is 18.5 Å².